The molecule has 1 aromatic carbocycles. The number of nitrogens with two attached hydrogens (primary N) is 1. The molecule has 0 saturated heterocycles. The van der Waals surface area contributed by atoms with Gasteiger partial charge in [-0.2, -0.15) is 0 Å². The highest BCUT2D eigenvalue weighted by Crippen LogP contribution is 2.29. The molecule has 2 aromatic rings. The van der Waals surface area contributed by atoms with Crippen LogP contribution in [0.1, 0.15) is 30.5 Å². The lowest BCUT2D eigenvalue weighted by Gasteiger charge is -2.10. The molecule has 0 aliphatic heterocycles. The molecule has 0 fully saturated rings. The average molecular weight is 308 g/mol. The van der Waals surface area contributed by atoms with Gasteiger partial charge in [0.15, 0.2) is 5.82 Å². The van der Waals surface area contributed by atoms with Crippen LogP contribution in [0, 0.1) is 0 Å². The van der Waals surface area contributed by atoms with Gasteiger partial charge in [0.05, 0.1) is 10.0 Å². The Bertz CT molecular complexity index is 656. The normalized spacial score (nSPS) is 14.7. The minimum atomic E-state index is 0.501. The summed E-state index contributed by atoms with van der Waals surface area (Å²) < 4.78 is 0. The molecule has 3 rings (SSSR count). The first-order chi connectivity index (χ1) is 9.65. The fraction of sp³-hybridized carbons (Fsp3) is 0.333. The van der Waals surface area contributed by atoms with Crippen LogP contribution in [0.25, 0.3) is 11.4 Å². The summed E-state index contributed by atoms with van der Waals surface area (Å²) in [5, 5.41) is 1.03. The monoisotopic (exact) mass is 307 g/mol. The lowest BCUT2D eigenvalue weighted by molar-refractivity contribution is 0.709. The Morgan fingerprint density at radius 2 is 1.75 bits per heavy atom. The predicted molar refractivity (Wildman–Crippen MR) is 83.2 cm³/mol. The summed E-state index contributed by atoms with van der Waals surface area (Å²) in [5.74, 6) is 1.22. The molecule has 1 aliphatic carbocycles. The SMILES string of the molecule is Nc1nc(-c2ccc(Cl)c(Cl)c2)nc2c1CCCCC2. The highest BCUT2D eigenvalue weighted by atomic mass is 35.5. The predicted octanol–water partition coefficient (Wildman–Crippen LogP) is 4.30. The number of anilines is 1. The van der Waals surface area contributed by atoms with Gasteiger partial charge in [-0.15, -0.1) is 0 Å². The second-order valence-corrected chi connectivity index (χ2v) is 5.86. The topological polar surface area (TPSA) is 51.8 Å². The Kier molecular flexibility index (Phi) is 3.81. The second-order valence-electron chi connectivity index (χ2n) is 5.05. The number of rotatable bonds is 1. The number of hydrogen-bond donors (Lipinski definition) is 1. The van der Waals surface area contributed by atoms with Crippen molar-refractivity contribution in [3.63, 3.8) is 0 Å². The molecule has 0 amide bonds. The molecule has 1 aromatic heterocycles. The quantitative estimate of drug-likeness (QED) is 0.799. The largest absolute Gasteiger partial charge is 0.383 e. The van der Waals surface area contributed by atoms with E-state index in [0.717, 1.165) is 42.5 Å². The van der Waals surface area contributed by atoms with E-state index in [-0.39, 0.29) is 0 Å². The summed E-state index contributed by atoms with van der Waals surface area (Å²) in [6.07, 6.45) is 5.48. The maximum Gasteiger partial charge on any atom is 0.161 e. The van der Waals surface area contributed by atoms with E-state index in [1.54, 1.807) is 12.1 Å². The average Bonchev–Trinajstić information content (AvgIpc) is 2.67. The summed E-state index contributed by atoms with van der Waals surface area (Å²) >= 11 is 12.0. The first kappa shape index (κ1) is 13.7. The summed E-state index contributed by atoms with van der Waals surface area (Å²) in [6.45, 7) is 0. The van der Waals surface area contributed by atoms with E-state index in [9.17, 15) is 0 Å². The van der Waals surface area contributed by atoms with Gasteiger partial charge in [-0.25, -0.2) is 9.97 Å². The van der Waals surface area contributed by atoms with Crippen LogP contribution < -0.4 is 5.73 Å². The smallest absolute Gasteiger partial charge is 0.161 e. The van der Waals surface area contributed by atoms with Crippen molar-refractivity contribution < 1.29 is 0 Å². The molecule has 1 heterocycles. The number of aryl methyl sites for hydroxylation is 1. The summed E-state index contributed by atoms with van der Waals surface area (Å²) in [6, 6.07) is 5.40. The molecule has 104 valence electrons. The Morgan fingerprint density at radius 3 is 2.55 bits per heavy atom. The van der Waals surface area contributed by atoms with Gasteiger partial charge in [-0.3, -0.25) is 0 Å². The molecule has 2 N–H and O–H groups in total. The minimum absolute atomic E-state index is 0.501. The van der Waals surface area contributed by atoms with Crippen LogP contribution in [-0.4, -0.2) is 9.97 Å². The Hall–Kier alpha value is -1.32. The van der Waals surface area contributed by atoms with Crippen LogP contribution in [0.4, 0.5) is 5.82 Å². The zero-order valence-corrected chi connectivity index (χ0v) is 12.5. The summed E-state index contributed by atoms with van der Waals surface area (Å²) in [4.78, 5) is 9.12. The number of nitrogen functional groups attached to an aromatic ring is 1. The lowest BCUT2D eigenvalue weighted by atomic mass is 10.1. The van der Waals surface area contributed by atoms with Crippen molar-refractivity contribution in [1.29, 1.82) is 0 Å². The van der Waals surface area contributed by atoms with Crippen LogP contribution in [0.2, 0.25) is 10.0 Å². The van der Waals surface area contributed by atoms with Crippen molar-refractivity contribution in [2.75, 3.05) is 5.73 Å². The number of fused-ring (bicyclic) bond motifs is 1. The van der Waals surface area contributed by atoms with Gasteiger partial charge in [-0.1, -0.05) is 29.6 Å². The zero-order valence-electron chi connectivity index (χ0n) is 11.0. The third-order valence-corrected chi connectivity index (χ3v) is 4.38. The van der Waals surface area contributed by atoms with Crippen molar-refractivity contribution in [2.45, 2.75) is 32.1 Å². The fourth-order valence-corrected chi connectivity index (χ4v) is 2.86. The standard InChI is InChI=1S/C15H15Cl2N3/c16-11-7-6-9(8-12(11)17)15-19-13-5-3-1-2-4-10(13)14(18)20-15/h6-8H,1-5H2,(H2,18,19,20). The summed E-state index contributed by atoms with van der Waals surface area (Å²) in [7, 11) is 0. The molecular weight excluding hydrogens is 293 g/mol. The Balaban J connectivity index is 2.08. The molecule has 0 radical (unpaired) electrons. The van der Waals surface area contributed by atoms with Crippen LogP contribution >= 0.6 is 23.2 Å². The van der Waals surface area contributed by atoms with Crippen LogP contribution in [-0.2, 0) is 12.8 Å². The van der Waals surface area contributed by atoms with Gasteiger partial charge >= 0.3 is 0 Å². The first-order valence-electron chi connectivity index (χ1n) is 6.76. The number of nitrogens with zero attached hydrogens (tertiary/aromatic N) is 2. The molecular formula is C15H15Cl2N3. The van der Waals surface area contributed by atoms with Gasteiger partial charge in [0.25, 0.3) is 0 Å². The fourth-order valence-electron chi connectivity index (χ4n) is 2.56. The van der Waals surface area contributed by atoms with E-state index < -0.39 is 0 Å². The van der Waals surface area contributed by atoms with E-state index in [0.29, 0.717) is 21.7 Å². The van der Waals surface area contributed by atoms with E-state index in [1.807, 2.05) is 6.07 Å². The molecule has 0 atom stereocenters. The van der Waals surface area contributed by atoms with E-state index in [4.69, 9.17) is 28.9 Å². The van der Waals surface area contributed by atoms with Gasteiger partial charge in [-0.05, 0) is 43.9 Å². The lowest BCUT2D eigenvalue weighted by Crippen LogP contribution is -2.06. The van der Waals surface area contributed by atoms with Gasteiger partial charge < -0.3 is 5.73 Å². The van der Waals surface area contributed by atoms with Crippen LogP contribution in [0.5, 0.6) is 0 Å². The molecule has 20 heavy (non-hydrogen) atoms. The number of benzene rings is 1. The highest BCUT2D eigenvalue weighted by molar-refractivity contribution is 6.42. The molecule has 3 nitrogen and oxygen atoms in total. The molecule has 1 aliphatic rings. The van der Waals surface area contributed by atoms with E-state index >= 15 is 0 Å². The molecule has 0 unspecified atom stereocenters. The Labute approximate surface area is 128 Å². The van der Waals surface area contributed by atoms with Crippen LogP contribution in [0.3, 0.4) is 0 Å². The van der Waals surface area contributed by atoms with E-state index in [2.05, 4.69) is 9.97 Å². The summed E-state index contributed by atoms with van der Waals surface area (Å²) in [5.41, 5.74) is 9.15. The maximum atomic E-state index is 6.11. The highest BCUT2D eigenvalue weighted by Gasteiger charge is 2.16. The maximum absolute atomic E-state index is 6.11. The number of hydrogen-bond acceptors (Lipinski definition) is 3. The van der Waals surface area contributed by atoms with Crippen molar-refractivity contribution >= 4 is 29.0 Å². The van der Waals surface area contributed by atoms with Crippen molar-refractivity contribution in [3.05, 3.63) is 39.5 Å². The van der Waals surface area contributed by atoms with Gasteiger partial charge in [0.1, 0.15) is 5.82 Å². The van der Waals surface area contributed by atoms with Crippen molar-refractivity contribution in [2.24, 2.45) is 0 Å². The Morgan fingerprint density at radius 1 is 0.950 bits per heavy atom. The number of aromatic nitrogens is 2. The third kappa shape index (κ3) is 2.60. The molecule has 0 spiro atoms. The third-order valence-electron chi connectivity index (χ3n) is 3.64. The van der Waals surface area contributed by atoms with Crippen molar-refractivity contribution in [3.8, 4) is 11.4 Å². The van der Waals surface area contributed by atoms with E-state index in [1.165, 1.54) is 6.42 Å². The van der Waals surface area contributed by atoms with Crippen molar-refractivity contribution in [1.82, 2.24) is 9.97 Å². The molecule has 0 saturated carbocycles. The molecule has 5 heteroatoms. The molecule has 0 bridgehead atoms. The van der Waals surface area contributed by atoms with Gasteiger partial charge in [0.2, 0.25) is 0 Å². The minimum Gasteiger partial charge on any atom is -0.383 e. The number of halogens is 2. The van der Waals surface area contributed by atoms with Crippen LogP contribution in [0.15, 0.2) is 18.2 Å². The van der Waals surface area contributed by atoms with Gasteiger partial charge in [0, 0.05) is 16.8 Å². The first-order valence-corrected chi connectivity index (χ1v) is 7.51. The zero-order chi connectivity index (χ0) is 14.1. The second kappa shape index (κ2) is 5.58.